The van der Waals surface area contributed by atoms with Gasteiger partial charge >= 0.3 is 0 Å². The van der Waals surface area contributed by atoms with Crippen LogP contribution in [-0.4, -0.2) is 64.6 Å². The zero-order valence-electron chi connectivity index (χ0n) is 19.5. The molecule has 4 rings (SSSR count). The summed E-state index contributed by atoms with van der Waals surface area (Å²) in [5.41, 5.74) is 0.971. The summed E-state index contributed by atoms with van der Waals surface area (Å²) >= 11 is 1.36. The highest BCUT2D eigenvalue weighted by atomic mass is 32.2. The van der Waals surface area contributed by atoms with Gasteiger partial charge in [0.25, 0.3) is 0 Å². The Balaban J connectivity index is 1.29. The Labute approximate surface area is 202 Å². The van der Waals surface area contributed by atoms with E-state index in [2.05, 4.69) is 15.1 Å². The lowest BCUT2D eigenvalue weighted by molar-refractivity contribution is -0.128. The van der Waals surface area contributed by atoms with Crippen molar-refractivity contribution < 1.29 is 18.7 Å². The lowest BCUT2D eigenvalue weighted by Gasteiger charge is -2.36. The number of thioether (sulfide) groups is 1. The van der Waals surface area contributed by atoms with Crippen molar-refractivity contribution in [2.24, 2.45) is 7.05 Å². The monoisotopic (exact) mass is 485 g/mol. The summed E-state index contributed by atoms with van der Waals surface area (Å²) < 4.78 is 26.4. The smallest absolute Gasteiger partial charge is 0.233 e. The van der Waals surface area contributed by atoms with E-state index in [1.54, 1.807) is 19.2 Å². The van der Waals surface area contributed by atoms with Crippen LogP contribution in [-0.2, 0) is 11.8 Å². The molecule has 1 amide bonds. The zero-order chi connectivity index (χ0) is 24.1. The summed E-state index contributed by atoms with van der Waals surface area (Å²) in [6.07, 6.45) is -0.349. The number of methoxy groups -OCH3 is 1. The first kappa shape index (κ1) is 23.9. The molecule has 1 aliphatic rings. The van der Waals surface area contributed by atoms with E-state index in [9.17, 15) is 9.18 Å². The van der Waals surface area contributed by atoms with Crippen molar-refractivity contribution in [3.63, 3.8) is 0 Å². The number of para-hydroxylation sites is 2. The molecule has 180 valence electrons. The maximum Gasteiger partial charge on any atom is 0.233 e. The van der Waals surface area contributed by atoms with Crippen LogP contribution in [0.1, 0.15) is 18.9 Å². The molecule has 10 heteroatoms. The maximum absolute atomic E-state index is 13.2. The first-order chi connectivity index (χ1) is 16.5. The van der Waals surface area contributed by atoms with E-state index in [1.165, 1.54) is 23.9 Å². The second kappa shape index (κ2) is 10.8. The molecule has 0 bridgehead atoms. The molecule has 0 spiro atoms. The summed E-state index contributed by atoms with van der Waals surface area (Å²) in [5.74, 6) is 2.04. The maximum atomic E-state index is 13.2. The summed E-state index contributed by atoms with van der Waals surface area (Å²) in [7, 11) is 3.47. The highest BCUT2D eigenvalue weighted by molar-refractivity contribution is 7.99. The Hall–Kier alpha value is -3.27. The molecule has 2 aromatic carbocycles. The van der Waals surface area contributed by atoms with Crippen molar-refractivity contribution in [1.82, 2.24) is 19.7 Å². The normalized spacial score (nSPS) is 14.7. The van der Waals surface area contributed by atoms with Gasteiger partial charge in [-0.1, -0.05) is 23.9 Å². The molecule has 1 fully saturated rings. The summed E-state index contributed by atoms with van der Waals surface area (Å²) in [6, 6.07) is 13.9. The Morgan fingerprint density at radius 1 is 1.06 bits per heavy atom. The van der Waals surface area contributed by atoms with Crippen molar-refractivity contribution in [3.8, 4) is 11.5 Å². The van der Waals surface area contributed by atoms with Crippen LogP contribution in [0.25, 0.3) is 0 Å². The lowest BCUT2D eigenvalue weighted by Crippen LogP contribution is -2.49. The van der Waals surface area contributed by atoms with E-state index in [1.807, 2.05) is 47.7 Å². The molecule has 1 atom stereocenters. The third-order valence-electron chi connectivity index (χ3n) is 5.75. The molecule has 1 aliphatic heterocycles. The molecule has 0 N–H and O–H groups in total. The fraction of sp³-hybridized carbons (Fsp3) is 0.375. The largest absolute Gasteiger partial charge is 0.493 e. The molecule has 0 radical (unpaired) electrons. The van der Waals surface area contributed by atoms with Crippen LogP contribution in [0.5, 0.6) is 11.5 Å². The predicted octanol–water partition coefficient (Wildman–Crippen LogP) is 3.54. The number of carbonyl (C=O) groups excluding carboxylic acids is 1. The van der Waals surface area contributed by atoms with Gasteiger partial charge in [0.1, 0.15) is 5.82 Å². The predicted molar refractivity (Wildman–Crippen MR) is 129 cm³/mol. The van der Waals surface area contributed by atoms with Crippen LogP contribution in [0.2, 0.25) is 0 Å². The Morgan fingerprint density at radius 3 is 2.41 bits per heavy atom. The second-order valence-electron chi connectivity index (χ2n) is 7.94. The minimum atomic E-state index is -0.349. The molecule has 0 aliphatic carbocycles. The van der Waals surface area contributed by atoms with Crippen LogP contribution in [0, 0.1) is 5.82 Å². The quantitative estimate of drug-likeness (QED) is 0.452. The van der Waals surface area contributed by atoms with Crippen LogP contribution in [0.15, 0.2) is 53.7 Å². The number of hydrogen-bond donors (Lipinski definition) is 0. The van der Waals surface area contributed by atoms with Crippen LogP contribution < -0.4 is 14.4 Å². The average molecular weight is 486 g/mol. The number of benzene rings is 2. The minimum Gasteiger partial charge on any atom is -0.493 e. The van der Waals surface area contributed by atoms with Crippen molar-refractivity contribution in [3.05, 3.63) is 60.2 Å². The first-order valence-corrected chi connectivity index (χ1v) is 12.0. The number of carbonyl (C=O) groups is 1. The summed E-state index contributed by atoms with van der Waals surface area (Å²) in [4.78, 5) is 16.8. The van der Waals surface area contributed by atoms with Gasteiger partial charge in [0.15, 0.2) is 28.6 Å². The van der Waals surface area contributed by atoms with Crippen LogP contribution in [0.4, 0.5) is 10.1 Å². The number of hydrogen-bond acceptors (Lipinski definition) is 7. The Morgan fingerprint density at radius 2 is 1.74 bits per heavy atom. The topological polar surface area (TPSA) is 72.7 Å². The SMILES string of the molecule is COc1ccccc1OC(C)c1nnc(SCC(=O)N2CCN(c3ccc(F)cc3)CC2)n1C. The van der Waals surface area contributed by atoms with Crippen molar-refractivity contribution in [2.75, 3.05) is 43.9 Å². The number of ether oxygens (including phenoxy) is 2. The molecule has 0 saturated carbocycles. The Bertz CT molecular complexity index is 1120. The Kier molecular flexibility index (Phi) is 7.56. The fourth-order valence-electron chi connectivity index (χ4n) is 3.85. The molecule has 1 unspecified atom stereocenters. The van der Waals surface area contributed by atoms with Gasteiger partial charge in [-0.3, -0.25) is 4.79 Å². The van der Waals surface area contributed by atoms with Gasteiger partial charge in [0.2, 0.25) is 5.91 Å². The number of halogens is 1. The molecule has 34 heavy (non-hydrogen) atoms. The molecular weight excluding hydrogens is 457 g/mol. The lowest BCUT2D eigenvalue weighted by atomic mass is 10.2. The highest BCUT2D eigenvalue weighted by Gasteiger charge is 2.23. The number of amides is 1. The highest BCUT2D eigenvalue weighted by Crippen LogP contribution is 2.31. The number of nitrogens with zero attached hydrogens (tertiary/aromatic N) is 5. The zero-order valence-corrected chi connectivity index (χ0v) is 20.3. The van der Waals surface area contributed by atoms with Gasteiger partial charge in [-0.15, -0.1) is 10.2 Å². The van der Waals surface area contributed by atoms with Gasteiger partial charge < -0.3 is 23.8 Å². The molecule has 1 saturated heterocycles. The molecule has 8 nitrogen and oxygen atoms in total. The molecule has 2 heterocycles. The summed E-state index contributed by atoms with van der Waals surface area (Å²) in [5, 5.41) is 9.18. The number of piperazine rings is 1. The molecular formula is C24H28FN5O3S. The van der Waals surface area contributed by atoms with Crippen LogP contribution >= 0.6 is 11.8 Å². The second-order valence-corrected chi connectivity index (χ2v) is 8.89. The van der Waals surface area contributed by atoms with E-state index in [0.717, 1.165) is 5.69 Å². The average Bonchev–Trinajstić information content (AvgIpc) is 3.23. The number of anilines is 1. The van der Waals surface area contributed by atoms with E-state index in [-0.39, 0.29) is 23.6 Å². The van der Waals surface area contributed by atoms with Gasteiger partial charge in [-0.05, 0) is 43.3 Å². The van der Waals surface area contributed by atoms with E-state index >= 15 is 0 Å². The van der Waals surface area contributed by atoms with Crippen LogP contribution in [0.3, 0.4) is 0 Å². The van der Waals surface area contributed by atoms with E-state index in [4.69, 9.17) is 9.47 Å². The van der Waals surface area contributed by atoms with E-state index < -0.39 is 0 Å². The number of rotatable bonds is 8. The van der Waals surface area contributed by atoms with Gasteiger partial charge in [0, 0.05) is 38.9 Å². The third-order valence-corrected chi connectivity index (χ3v) is 6.76. The minimum absolute atomic E-state index is 0.0617. The van der Waals surface area contributed by atoms with Crippen molar-refractivity contribution in [1.29, 1.82) is 0 Å². The van der Waals surface area contributed by atoms with Gasteiger partial charge in [-0.2, -0.15) is 0 Å². The molecule has 3 aromatic rings. The van der Waals surface area contributed by atoms with E-state index in [0.29, 0.717) is 48.7 Å². The molecule has 1 aromatic heterocycles. The number of aromatic nitrogens is 3. The van der Waals surface area contributed by atoms with Crippen molar-refractivity contribution >= 4 is 23.4 Å². The standard InChI is InChI=1S/C24H28FN5O3S/c1-17(33-21-7-5-4-6-20(21)32-3)23-26-27-24(28(23)2)34-16-22(31)30-14-12-29(13-15-30)19-10-8-18(25)9-11-19/h4-11,17H,12-16H2,1-3H3. The van der Waals surface area contributed by atoms with Gasteiger partial charge in [-0.25, -0.2) is 4.39 Å². The van der Waals surface area contributed by atoms with Gasteiger partial charge in [0.05, 0.1) is 12.9 Å². The third kappa shape index (κ3) is 5.44. The summed E-state index contributed by atoms with van der Waals surface area (Å²) in [6.45, 7) is 4.59. The van der Waals surface area contributed by atoms with Crippen molar-refractivity contribution in [2.45, 2.75) is 18.2 Å². The first-order valence-electron chi connectivity index (χ1n) is 11.1. The fourth-order valence-corrected chi connectivity index (χ4v) is 4.67.